The first-order valence-electron chi connectivity index (χ1n) is 15.4. The van der Waals surface area contributed by atoms with Crippen LogP contribution in [0.5, 0.6) is 5.75 Å². The van der Waals surface area contributed by atoms with E-state index in [2.05, 4.69) is 20.6 Å². The summed E-state index contributed by atoms with van der Waals surface area (Å²) >= 11 is 6.46. The van der Waals surface area contributed by atoms with Crippen LogP contribution in [0, 0.1) is 12.7 Å². The summed E-state index contributed by atoms with van der Waals surface area (Å²) in [6.45, 7) is 2.66. The number of nitrogens with zero attached hydrogens (tertiary/aromatic N) is 2. The molecule has 2 aromatic heterocycles. The topological polar surface area (TPSA) is 192 Å². The molecule has 0 radical (unpaired) electrons. The molecule has 16 heteroatoms. The maximum Gasteiger partial charge on any atom is 0.294 e. The van der Waals surface area contributed by atoms with Crippen LogP contribution >= 0.6 is 11.6 Å². The first-order chi connectivity index (χ1) is 24.2. The number of nitrogens with one attached hydrogen (secondary N) is 2. The number of fused-ring (bicyclic) bond motifs is 1. The Hall–Kier alpha value is -4.90. The number of hydrogen-bond donors (Lipinski definition) is 3. The lowest BCUT2D eigenvalue weighted by Crippen LogP contribution is -2.21. The maximum atomic E-state index is 13.9. The number of sulfone groups is 1. The molecule has 0 aliphatic rings. The Bertz CT molecular complexity index is 2360. The van der Waals surface area contributed by atoms with Crippen LogP contribution in [0.1, 0.15) is 24.3 Å². The zero-order chi connectivity index (χ0) is 36.6. The smallest absolute Gasteiger partial charge is 0.294 e. The number of halogens is 2. The summed E-state index contributed by atoms with van der Waals surface area (Å²) in [6.07, 6.45) is 2.69. The predicted octanol–water partition coefficient (Wildman–Crippen LogP) is 7.19. The van der Waals surface area contributed by atoms with Gasteiger partial charge in [-0.3, -0.25) is 4.55 Å². The van der Waals surface area contributed by atoms with Gasteiger partial charge in [0.05, 0.1) is 27.7 Å². The minimum absolute atomic E-state index is 0. The number of benzene rings is 4. The van der Waals surface area contributed by atoms with E-state index in [1.807, 2.05) is 37.3 Å². The fourth-order valence-electron chi connectivity index (χ4n) is 4.72. The van der Waals surface area contributed by atoms with E-state index in [-0.39, 0.29) is 36.0 Å². The summed E-state index contributed by atoms with van der Waals surface area (Å²) in [5.41, 5.74) is 3.66. The molecule has 0 saturated heterocycles. The van der Waals surface area contributed by atoms with Gasteiger partial charge in [0.1, 0.15) is 51.7 Å². The van der Waals surface area contributed by atoms with Crippen LogP contribution in [0.2, 0.25) is 5.02 Å². The largest absolute Gasteiger partial charge is 0.487 e. The number of aryl methyl sites for hydroxylation is 1. The molecule has 53 heavy (non-hydrogen) atoms. The monoisotopic (exact) mass is 786 g/mol. The number of anilines is 2. The Morgan fingerprint density at radius 2 is 1.66 bits per heavy atom. The van der Waals surface area contributed by atoms with Crippen molar-refractivity contribution in [1.82, 2.24) is 15.3 Å². The molecule has 282 valence electrons. The Balaban J connectivity index is 0.000000501. The van der Waals surface area contributed by atoms with Crippen LogP contribution in [0.4, 0.5) is 15.9 Å². The van der Waals surface area contributed by atoms with E-state index in [4.69, 9.17) is 25.3 Å². The Morgan fingerprint density at radius 1 is 0.925 bits per heavy atom. The molecule has 0 spiro atoms. The van der Waals surface area contributed by atoms with E-state index < -0.39 is 20.0 Å². The van der Waals surface area contributed by atoms with Crippen molar-refractivity contribution in [3.05, 3.63) is 131 Å². The summed E-state index contributed by atoms with van der Waals surface area (Å²) in [6, 6.07) is 27.1. The van der Waals surface area contributed by atoms with Crippen LogP contribution in [0.25, 0.3) is 22.2 Å². The molecule has 4 aromatic carbocycles. The minimum atomic E-state index is -4.02. The molecule has 0 atom stereocenters. The van der Waals surface area contributed by atoms with Gasteiger partial charge in [-0.2, -0.15) is 8.42 Å². The van der Waals surface area contributed by atoms with Crippen LogP contribution in [0.15, 0.2) is 113 Å². The van der Waals surface area contributed by atoms with Gasteiger partial charge in [0.15, 0.2) is 0 Å². The predicted molar refractivity (Wildman–Crippen MR) is 205 cm³/mol. The van der Waals surface area contributed by atoms with Gasteiger partial charge in [-0.1, -0.05) is 54.9 Å². The molecule has 0 aliphatic carbocycles. The van der Waals surface area contributed by atoms with Crippen LogP contribution < -0.4 is 15.4 Å². The van der Waals surface area contributed by atoms with E-state index in [9.17, 15) is 21.2 Å². The summed E-state index contributed by atoms with van der Waals surface area (Å²) in [5.74, 6) is 2.10. The van der Waals surface area contributed by atoms with Crippen LogP contribution in [-0.4, -0.2) is 55.4 Å². The summed E-state index contributed by atoms with van der Waals surface area (Å²) in [7, 11) is -7.04. The van der Waals surface area contributed by atoms with Gasteiger partial charge in [0.25, 0.3) is 10.1 Å². The fourth-order valence-corrected chi connectivity index (χ4v) is 5.95. The normalized spacial score (nSPS) is 11.1. The zero-order valence-corrected chi connectivity index (χ0v) is 30.4. The third kappa shape index (κ3) is 12.3. The maximum absolute atomic E-state index is 13.9. The highest BCUT2D eigenvalue weighted by Crippen LogP contribution is 2.33. The average Bonchev–Trinajstić information content (AvgIpc) is 3.56. The molecule has 12 nitrogen and oxygen atoms in total. The lowest BCUT2D eigenvalue weighted by atomic mass is 10.1. The third-order valence-electron chi connectivity index (χ3n) is 7.38. The van der Waals surface area contributed by atoms with Crippen molar-refractivity contribution in [3.63, 3.8) is 0 Å². The molecular formula is C37H40ClFN4O8S2. The van der Waals surface area contributed by atoms with E-state index in [1.54, 1.807) is 48.5 Å². The van der Waals surface area contributed by atoms with E-state index in [0.29, 0.717) is 52.5 Å². The van der Waals surface area contributed by atoms with Crippen molar-refractivity contribution < 1.29 is 40.4 Å². The van der Waals surface area contributed by atoms with Crippen molar-refractivity contribution in [3.8, 4) is 17.1 Å². The molecule has 6 aromatic rings. The first kappa shape index (κ1) is 42.5. The molecule has 2 heterocycles. The third-order valence-corrected chi connectivity index (χ3v) is 9.49. The Morgan fingerprint density at radius 3 is 2.34 bits per heavy atom. The molecule has 0 bridgehead atoms. The Labute approximate surface area is 313 Å². The number of furan rings is 1. The number of rotatable bonds is 12. The van der Waals surface area contributed by atoms with Gasteiger partial charge in [0.2, 0.25) is 0 Å². The van der Waals surface area contributed by atoms with Gasteiger partial charge in [0, 0.05) is 35.0 Å². The second-order valence-electron chi connectivity index (χ2n) is 11.5. The molecule has 0 aliphatic heterocycles. The van der Waals surface area contributed by atoms with Gasteiger partial charge in [-0.25, -0.2) is 22.8 Å². The van der Waals surface area contributed by atoms with Crippen LogP contribution in [0.3, 0.4) is 0 Å². The summed E-state index contributed by atoms with van der Waals surface area (Å²) in [4.78, 5) is 8.72. The van der Waals surface area contributed by atoms with E-state index in [0.717, 1.165) is 22.0 Å². The second-order valence-corrected chi connectivity index (χ2v) is 15.6. The minimum Gasteiger partial charge on any atom is -0.487 e. The standard InChI is InChI=1S/C29H26ClFN4O4S.C7H8O3S.CH4.H2O/c1-40(36,37)13-12-32-16-22-8-11-27(39-22)19-6-9-26-23(14-19)29(34-18-33-26)35-21-7-10-28(24(30)15-21)38-17-20-4-2-3-5-25(20)31;1-6-2-4-7(5-3-6)11(8,9)10;;/h2-11,14-15,18,32H,12-13,16-17H2,1H3,(H,33,34,35);2-5H,1H3,(H,8,9,10);1H4;1H2. The van der Waals surface area contributed by atoms with Gasteiger partial charge >= 0.3 is 0 Å². The van der Waals surface area contributed by atoms with Crippen LogP contribution in [-0.2, 0) is 33.1 Å². The van der Waals surface area contributed by atoms with Crippen molar-refractivity contribution in [2.75, 3.05) is 23.9 Å². The molecule has 6 rings (SSSR count). The molecular weight excluding hydrogens is 747 g/mol. The highest BCUT2D eigenvalue weighted by molar-refractivity contribution is 7.90. The molecule has 0 amide bonds. The molecule has 0 unspecified atom stereocenters. The van der Waals surface area contributed by atoms with Crippen molar-refractivity contribution in [2.45, 2.75) is 32.4 Å². The molecule has 0 fully saturated rings. The van der Waals surface area contributed by atoms with Gasteiger partial charge < -0.3 is 25.3 Å². The molecule has 5 N–H and O–H groups in total. The van der Waals surface area contributed by atoms with Gasteiger partial charge in [-0.15, -0.1) is 0 Å². The fraction of sp³-hybridized carbons (Fsp3) is 0.189. The SMILES string of the molecule is C.CS(=O)(=O)CCNCc1ccc(-c2ccc3ncnc(Nc4ccc(OCc5ccccc5F)c(Cl)c4)c3c2)o1.Cc1ccc(S(=O)(=O)O)cc1.O. The number of ether oxygens (including phenoxy) is 1. The van der Waals surface area contributed by atoms with Crippen molar-refractivity contribution in [2.24, 2.45) is 0 Å². The number of hydrogen-bond acceptors (Lipinski definition) is 10. The summed E-state index contributed by atoms with van der Waals surface area (Å²) < 4.78 is 77.7. The van der Waals surface area contributed by atoms with E-state index in [1.165, 1.54) is 30.8 Å². The van der Waals surface area contributed by atoms with E-state index >= 15 is 0 Å². The quantitative estimate of drug-likeness (QED) is 0.0840. The highest BCUT2D eigenvalue weighted by Gasteiger charge is 2.12. The second kappa shape index (κ2) is 18.7. The number of aromatic nitrogens is 2. The first-order valence-corrected chi connectivity index (χ1v) is 19.3. The lowest BCUT2D eigenvalue weighted by Gasteiger charge is -2.12. The molecule has 0 saturated carbocycles. The zero-order valence-electron chi connectivity index (χ0n) is 28.0. The van der Waals surface area contributed by atoms with Crippen molar-refractivity contribution in [1.29, 1.82) is 0 Å². The van der Waals surface area contributed by atoms with Crippen molar-refractivity contribution >= 4 is 54.0 Å². The average molecular weight is 787 g/mol. The van der Waals surface area contributed by atoms with Gasteiger partial charge in [-0.05, 0) is 73.7 Å². The lowest BCUT2D eigenvalue weighted by molar-refractivity contribution is 0.300. The highest BCUT2D eigenvalue weighted by atomic mass is 35.5. The Kier molecular flexibility index (Phi) is 15.0. The summed E-state index contributed by atoms with van der Waals surface area (Å²) in [5, 5.41) is 7.51.